The SMILES string of the molecule is CB(C)O[C@@H](Oc1cc(C(=O)Nc2ccc(C(=O)N3C[C@@H](C)N[C@@H](C)C3)cc2)nnc1N)c1c(Cl)ccc(F)c1Cl. The van der Waals surface area contributed by atoms with Crippen LogP contribution in [-0.2, 0) is 4.65 Å². The number of nitrogens with zero attached hydrogens (tertiary/aromatic N) is 3. The number of halogens is 3. The van der Waals surface area contributed by atoms with E-state index in [-0.39, 0.29) is 57.8 Å². The molecule has 3 aromatic rings. The fourth-order valence-corrected chi connectivity index (χ4v) is 4.98. The number of hydrogen-bond donors (Lipinski definition) is 3. The molecule has 14 heteroatoms. The van der Waals surface area contributed by atoms with Crippen LogP contribution in [0.3, 0.4) is 0 Å². The first-order valence-electron chi connectivity index (χ1n) is 13.0. The predicted molar refractivity (Wildman–Crippen MR) is 157 cm³/mol. The van der Waals surface area contributed by atoms with Crippen molar-refractivity contribution >= 4 is 53.4 Å². The second-order valence-electron chi connectivity index (χ2n) is 10.1. The number of nitrogens with one attached hydrogen (secondary N) is 2. The molecule has 1 saturated heterocycles. The number of anilines is 2. The average Bonchev–Trinajstić information content (AvgIpc) is 2.91. The van der Waals surface area contributed by atoms with Gasteiger partial charge in [0.2, 0.25) is 6.29 Å². The van der Waals surface area contributed by atoms with Gasteiger partial charge in [0.25, 0.3) is 18.7 Å². The van der Waals surface area contributed by atoms with Crippen LogP contribution in [0.4, 0.5) is 15.9 Å². The van der Waals surface area contributed by atoms with Crippen LogP contribution in [0.5, 0.6) is 5.75 Å². The zero-order valence-corrected chi connectivity index (χ0v) is 24.5. The predicted octanol–water partition coefficient (Wildman–Crippen LogP) is 4.92. The van der Waals surface area contributed by atoms with Crippen molar-refractivity contribution in [3.63, 3.8) is 0 Å². The number of carbonyl (C=O) groups is 2. The molecule has 0 aliphatic carbocycles. The summed E-state index contributed by atoms with van der Waals surface area (Å²) in [6.45, 7) is 8.42. The van der Waals surface area contributed by atoms with Gasteiger partial charge in [0.1, 0.15) is 5.82 Å². The Labute approximate surface area is 247 Å². The van der Waals surface area contributed by atoms with Crippen LogP contribution in [0.15, 0.2) is 42.5 Å². The van der Waals surface area contributed by atoms with Gasteiger partial charge in [-0.15, -0.1) is 10.2 Å². The molecular formula is C27H30BCl2FN6O4. The number of carbonyl (C=O) groups excluding carboxylic acids is 2. The zero-order chi connectivity index (χ0) is 29.8. The molecule has 1 fully saturated rings. The highest BCUT2D eigenvalue weighted by atomic mass is 35.5. The Hall–Kier alpha value is -3.45. The van der Waals surface area contributed by atoms with Crippen molar-refractivity contribution in [2.45, 2.75) is 45.9 Å². The number of nitrogens with two attached hydrogens (primary N) is 1. The van der Waals surface area contributed by atoms with Crippen LogP contribution in [0.25, 0.3) is 0 Å². The number of piperazine rings is 1. The number of ether oxygens (including phenoxy) is 1. The molecule has 1 aliphatic rings. The van der Waals surface area contributed by atoms with E-state index in [2.05, 4.69) is 20.8 Å². The van der Waals surface area contributed by atoms with Crippen LogP contribution >= 0.6 is 23.2 Å². The summed E-state index contributed by atoms with van der Waals surface area (Å²) in [5, 5.41) is 13.6. The number of aromatic nitrogens is 2. The van der Waals surface area contributed by atoms with E-state index in [1.807, 2.05) is 18.7 Å². The maximum Gasteiger partial charge on any atom is 0.292 e. The largest absolute Gasteiger partial charge is 0.458 e. The molecule has 216 valence electrons. The highest BCUT2D eigenvalue weighted by Gasteiger charge is 2.27. The second-order valence-corrected chi connectivity index (χ2v) is 10.9. The van der Waals surface area contributed by atoms with Crippen molar-refractivity contribution in [1.82, 2.24) is 20.4 Å². The third kappa shape index (κ3) is 7.45. The summed E-state index contributed by atoms with van der Waals surface area (Å²) in [6.07, 6.45) is -1.26. The summed E-state index contributed by atoms with van der Waals surface area (Å²) < 4.78 is 25.9. The molecular weight excluding hydrogens is 573 g/mol. The molecule has 4 N–H and O–H groups in total. The van der Waals surface area contributed by atoms with E-state index in [9.17, 15) is 14.0 Å². The highest BCUT2D eigenvalue weighted by molar-refractivity contribution is 6.48. The highest BCUT2D eigenvalue weighted by Crippen LogP contribution is 2.37. The molecule has 2 heterocycles. The van der Waals surface area contributed by atoms with Crippen LogP contribution in [0.2, 0.25) is 23.7 Å². The minimum absolute atomic E-state index is 0.0485. The van der Waals surface area contributed by atoms with Crippen molar-refractivity contribution in [3.05, 3.63) is 75.1 Å². The lowest BCUT2D eigenvalue weighted by Crippen LogP contribution is -2.55. The van der Waals surface area contributed by atoms with Gasteiger partial charge in [0.15, 0.2) is 17.3 Å². The van der Waals surface area contributed by atoms with Gasteiger partial charge in [0, 0.05) is 42.5 Å². The Morgan fingerprint density at radius 3 is 2.41 bits per heavy atom. The summed E-state index contributed by atoms with van der Waals surface area (Å²) in [7, 11) is 0. The molecule has 0 spiro atoms. The number of amides is 2. The number of hydrogen-bond acceptors (Lipinski definition) is 8. The summed E-state index contributed by atoms with van der Waals surface area (Å²) in [5.41, 5.74) is 6.86. The normalized spacial score (nSPS) is 17.6. The minimum Gasteiger partial charge on any atom is -0.458 e. The molecule has 2 amide bonds. The number of benzene rings is 2. The van der Waals surface area contributed by atoms with Gasteiger partial charge in [-0.3, -0.25) is 9.59 Å². The van der Waals surface area contributed by atoms with E-state index in [4.69, 9.17) is 38.3 Å². The Kier molecular flexibility index (Phi) is 9.70. The zero-order valence-electron chi connectivity index (χ0n) is 23.0. The standard InChI is InChI=1S/C27H30BCl2FN6O4/c1-14-12-37(13-15(2)33-14)26(39)16-5-7-17(8-6-16)34-25(38)20-11-21(24(32)36-35-20)40-27(41-28(3)4)22-18(29)9-10-19(31)23(22)30/h5-11,14-15,27,33H,12-13H2,1-4H3,(H2,32,36)(H,34,38)/t14-,15+,27-/m1/s1. The molecule has 4 rings (SSSR count). The third-order valence-electron chi connectivity index (χ3n) is 6.20. The van der Waals surface area contributed by atoms with E-state index in [1.54, 1.807) is 37.9 Å². The van der Waals surface area contributed by atoms with Gasteiger partial charge < -0.3 is 30.7 Å². The van der Waals surface area contributed by atoms with Crippen molar-refractivity contribution in [3.8, 4) is 5.75 Å². The Bertz CT molecular complexity index is 1420. The fraction of sp³-hybridized carbons (Fsp3) is 0.333. The smallest absolute Gasteiger partial charge is 0.292 e. The van der Waals surface area contributed by atoms with Crippen LogP contribution in [-0.4, -0.2) is 59.0 Å². The van der Waals surface area contributed by atoms with Crippen molar-refractivity contribution in [2.75, 3.05) is 24.1 Å². The van der Waals surface area contributed by atoms with Crippen LogP contribution in [0, 0.1) is 5.82 Å². The van der Waals surface area contributed by atoms with Gasteiger partial charge in [-0.2, -0.15) is 0 Å². The maximum atomic E-state index is 14.2. The molecule has 0 bridgehead atoms. The van der Waals surface area contributed by atoms with Gasteiger partial charge >= 0.3 is 0 Å². The third-order valence-corrected chi connectivity index (χ3v) is 6.91. The Balaban J connectivity index is 1.50. The van der Waals surface area contributed by atoms with Gasteiger partial charge in [-0.05, 0) is 50.2 Å². The quantitative estimate of drug-likeness (QED) is 0.188. The van der Waals surface area contributed by atoms with E-state index < -0.39 is 18.0 Å². The first-order valence-corrected chi connectivity index (χ1v) is 13.7. The van der Waals surface area contributed by atoms with Crippen LogP contribution in [0.1, 0.15) is 46.5 Å². The van der Waals surface area contributed by atoms with Crippen molar-refractivity contribution in [2.24, 2.45) is 0 Å². The summed E-state index contributed by atoms with van der Waals surface area (Å²) in [5.74, 6) is -1.58. The van der Waals surface area contributed by atoms with Gasteiger partial charge in [-0.1, -0.05) is 36.8 Å². The minimum atomic E-state index is -1.26. The first kappa shape index (κ1) is 30.5. The van der Waals surface area contributed by atoms with E-state index in [1.165, 1.54) is 12.1 Å². The fourth-order valence-electron chi connectivity index (χ4n) is 4.43. The Morgan fingerprint density at radius 1 is 1.12 bits per heavy atom. The molecule has 3 atom stereocenters. The molecule has 10 nitrogen and oxygen atoms in total. The molecule has 2 aromatic carbocycles. The lowest BCUT2D eigenvalue weighted by atomic mass is 9.75. The molecule has 41 heavy (non-hydrogen) atoms. The first-order chi connectivity index (χ1) is 19.4. The molecule has 0 radical (unpaired) electrons. The molecule has 0 unspecified atom stereocenters. The average molecular weight is 603 g/mol. The van der Waals surface area contributed by atoms with Gasteiger partial charge in [-0.25, -0.2) is 4.39 Å². The van der Waals surface area contributed by atoms with E-state index in [0.29, 0.717) is 24.3 Å². The van der Waals surface area contributed by atoms with Crippen molar-refractivity contribution in [1.29, 1.82) is 0 Å². The summed E-state index contributed by atoms with van der Waals surface area (Å²) in [4.78, 5) is 27.8. The lowest BCUT2D eigenvalue weighted by Gasteiger charge is -2.36. The summed E-state index contributed by atoms with van der Waals surface area (Å²) >= 11 is 12.5. The number of rotatable bonds is 8. The summed E-state index contributed by atoms with van der Waals surface area (Å²) in [6, 6.07) is 10.7. The molecule has 0 saturated carbocycles. The topological polar surface area (TPSA) is 132 Å². The molecule has 1 aromatic heterocycles. The maximum absolute atomic E-state index is 14.2. The van der Waals surface area contributed by atoms with Gasteiger partial charge in [0.05, 0.1) is 15.6 Å². The van der Waals surface area contributed by atoms with Crippen LogP contribution < -0.4 is 21.1 Å². The monoisotopic (exact) mass is 602 g/mol. The van der Waals surface area contributed by atoms with Crippen molar-refractivity contribution < 1.29 is 23.4 Å². The lowest BCUT2D eigenvalue weighted by molar-refractivity contribution is 0.00249. The number of nitrogen functional groups attached to an aromatic ring is 1. The Morgan fingerprint density at radius 2 is 1.78 bits per heavy atom. The van der Waals surface area contributed by atoms with E-state index >= 15 is 0 Å². The van der Waals surface area contributed by atoms with E-state index in [0.717, 1.165) is 6.07 Å². The molecule has 1 aliphatic heterocycles. The second kappa shape index (κ2) is 13.0.